The Balaban J connectivity index is 1.41. The predicted octanol–water partition coefficient (Wildman–Crippen LogP) is 10.1. The topological polar surface area (TPSA) is 18.5 Å². The maximum Gasteiger partial charge on any atom is 0.201 e. The molecule has 0 saturated carbocycles. The second kappa shape index (κ2) is 13.8. The molecule has 1 fully saturated rings. The van der Waals surface area contributed by atoms with Gasteiger partial charge in [0.25, 0.3) is 0 Å². The lowest BCUT2D eigenvalue weighted by atomic mass is 9.90. The quantitative estimate of drug-likeness (QED) is 0.219. The van der Waals surface area contributed by atoms with Gasteiger partial charge in [-0.2, -0.15) is 4.39 Å². The van der Waals surface area contributed by atoms with E-state index < -0.39 is 11.6 Å². The van der Waals surface area contributed by atoms with Gasteiger partial charge in [-0.1, -0.05) is 82.3 Å². The molecule has 0 spiro atoms. The molecule has 4 rings (SSSR count). The number of halogens is 3. The number of ether oxygens (including phenoxy) is 2. The van der Waals surface area contributed by atoms with Crippen LogP contribution >= 0.6 is 0 Å². The molecule has 1 aliphatic heterocycles. The van der Waals surface area contributed by atoms with E-state index in [0.29, 0.717) is 29.2 Å². The van der Waals surface area contributed by atoms with Crippen LogP contribution in [-0.2, 0) is 4.74 Å². The van der Waals surface area contributed by atoms with Crippen molar-refractivity contribution in [2.24, 2.45) is 5.92 Å². The molecule has 5 heteroatoms. The molecular formula is C33H39F3O2. The molecular weight excluding hydrogens is 485 g/mol. The van der Waals surface area contributed by atoms with E-state index in [1.54, 1.807) is 36.4 Å². The van der Waals surface area contributed by atoms with Crippen LogP contribution in [0.3, 0.4) is 0 Å². The summed E-state index contributed by atoms with van der Waals surface area (Å²) in [6, 6.07) is 15.1. The highest BCUT2D eigenvalue weighted by atomic mass is 19.2. The molecule has 0 amide bonds. The molecule has 2 unspecified atom stereocenters. The van der Waals surface area contributed by atoms with Gasteiger partial charge in [-0.05, 0) is 66.5 Å². The fourth-order valence-corrected chi connectivity index (χ4v) is 5.18. The molecule has 0 N–H and O–H groups in total. The zero-order valence-corrected chi connectivity index (χ0v) is 22.6. The fourth-order valence-electron chi connectivity index (χ4n) is 5.18. The van der Waals surface area contributed by atoms with E-state index in [1.165, 1.54) is 37.8 Å². The summed E-state index contributed by atoms with van der Waals surface area (Å²) in [5.41, 5.74) is 2.67. The average Bonchev–Trinajstić information content (AvgIpc) is 2.94. The fraction of sp³-hybridized carbons (Fsp3) is 0.455. The minimum absolute atomic E-state index is 0.0696. The summed E-state index contributed by atoms with van der Waals surface area (Å²) < 4.78 is 56.0. The van der Waals surface area contributed by atoms with Crippen molar-refractivity contribution in [2.75, 3.05) is 13.2 Å². The van der Waals surface area contributed by atoms with E-state index in [2.05, 4.69) is 13.8 Å². The summed E-state index contributed by atoms with van der Waals surface area (Å²) >= 11 is 0. The Kier molecular flexibility index (Phi) is 10.3. The summed E-state index contributed by atoms with van der Waals surface area (Å²) in [5, 5.41) is 0. The maximum atomic E-state index is 15.1. The first kappa shape index (κ1) is 28.2. The van der Waals surface area contributed by atoms with Crippen molar-refractivity contribution in [2.45, 2.75) is 77.7 Å². The second-order valence-corrected chi connectivity index (χ2v) is 10.4. The Labute approximate surface area is 225 Å². The molecule has 0 bridgehead atoms. The SMILES string of the molecule is CCCCCOc1ccc(-c2ccc(-c3ccc(C4CCC(CCCCC)CO4)cc3F)cc2)c(F)c1F. The van der Waals surface area contributed by atoms with Crippen molar-refractivity contribution in [3.8, 4) is 28.0 Å². The van der Waals surface area contributed by atoms with Gasteiger partial charge in [0.2, 0.25) is 5.82 Å². The standard InChI is InChI=1S/C33H39F3O2/c1-3-5-7-9-23-10-18-30(38-22-23)26-15-16-27(29(34)21-26)24-11-13-25(14-12-24)28-17-19-31(33(36)32(28)35)37-20-8-6-4-2/h11-17,19,21,23,30H,3-10,18,20,22H2,1-2H3. The van der Waals surface area contributed by atoms with Crippen LogP contribution < -0.4 is 4.74 Å². The monoisotopic (exact) mass is 524 g/mol. The molecule has 0 radical (unpaired) electrons. The Hall–Kier alpha value is -2.79. The third kappa shape index (κ3) is 6.99. The third-order valence-electron chi connectivity index (χ3n) is 7.51. The van der Waals surface area contributed by atoms with Gasteiger partial charge in [0.15, 0.2) is 11.6 Å². The molecule has 1 saturated heterocycles. The lowest BCUT2D eigenvalue weighted by Gasteiger charge is -2.29. The van der Waals surface area contributed by atoms with Crippen LogP contribution in [0.15, 0.2) is 54.6 Å². The van der Waals surface area contributed by atoms with E-state index in [-0.39, 0.29) is 23.2 Å². The van der Waals surface area contributed by atoms with Crippen LogP contribution in [0, 0.1) is 23.4 Å². The summed E-state index contributed by atoms with van der Waals surface area (Å²) in [7, 11) is 0. The Morgan fingerprint density at radius 3 is 2.11 bits per heavy atom. The lowest BCUT2D eigenvalue weighted by molar-refractivity contribution is -0.0200. The Bertz CT molecular complexity index is 1170. The van der Waals surface area contributed by atoms with E-state index in [9.17, 15) is 8.78 Å². The first-order valence-corrected chi connectivity index (χ1v) is 14.1. The Morgan fingerprint density at radius 1 is 0.763 bits per heavy atom. The van der Waals surface area contributed by atoms with Crippen molar-refractivity contribution in [3.05, 3.63) is 77.6 Å². The summed E-state index contributed by atoms with van der Waals surface area (Å²) in [5.74, 6) is -1.71. The first-order chi connectivity index (χ1) is 18.5. The maximum absolute atomic E-state index is 15.1. The van der Waals surface area contributed by atoms with Crippen LogP contribution in [0.5, 0.6) is 5.75 Å². The highest BCUT2D eigenvalue weighted by molar-refractivity contribution is 5.71. The minimum Gasteiger partial charge on any atom is -0.490 e. The number of hydrogen-bond donors (Lipinski definition) is 0. The van der Waals surface area contributed by atoms with Crippen molar-refractivity contribution < 1.29 is 22.6 Å². The Morgan fingerprint density at radius 2 is 1.45 bits per heavy atom. The van der Waals surface area contributed by atoms with Crippen molar-refractivity contribution in [3.63, 3.8) is 0 Å². The molecule has 2 nitrogen and oxygen atoms in total. The number of hydrogen-bond acceptors (Lipinski definition) is 2. The molecule has 3 aromatic rings. The van der Waals surface area contributed by atoms with E-state index >= 15 is 4.39 Å². The van der Waals surface area contributed by atoms with E-state index in [1.807, 2.05) is 6.07 Å². The summed E-state index contributed by atoms with van der Waals surface area (Å²) in [6.07, 6.45) is 9.70. The zero-order valence-electron chi connectivity index (χ0n) is 22.6. The van der Waals surface area contributed by atoms with E-state index in [0.717, 1.165) is 44.3 Å². The smallest absolute Gasteiger partial charge is 0.201 e. The summed E-state index contributed by atoms with van der Waals surface area (Å²) in [4.78, 5) is 0. The van der Waals surface area contributed by atoms with Crippen LogP contribution in [0.4, 0.5) is 13.2 Å². The lowest BCUT2D eigenvalue weighted by Crippen LogP contribution is -2.20. The van der Waals surface area contributed by atoms with Crippen molar-refractivity contribution >= 4 is 0 Å². The molecule has 0 aromatic heterocycles. The van der Waals surface area contributed by atoms with Crippen molar-refractivity contribution in [1.82, 2.24) is 0 Å². The number of benzene rings is 3. The highest BCUT2D eigenvalue weighted by Crippen LogP contribution is 2.36. The molecule has 2 atom stereocenters. The molecule has 38 heavy (non-hydrogen) atoms. The summed E-state index contributed by atoms with van der Waals surface area (Å²) in [6.45, 7) is 5.38. The van der Waals surface area contributed by atoms with Gasteiger partial charge in [0, 0.05) is 11.1 Å². The van der Waals surface area contributed by atoms with Gasteiger partial charge in [0.1, 0.15) is 5.82 Å². The van der Waals surface area contributed by atoms with Crippen LogP contribution in [0.2, 0.25) is 0 Å². The second-order valence-electron chi connectivity index (χ2n) is 10.4. The minimum atomic E-state index is -0.984. The van der Waals surface area contributed by atoms with Gasteiger partial charge in [-0.3, -0.25) is 0 Å². The number of rotatable bonds is 12. The van der Waals surface area contributed by atoms with Crippen LogP contribution in [-0.4, -0.2) is 13.2 Å². The largest absolute Gasteiger partial charge is 0.490 e. The third-order valence-corrected chi connectivity index (χ3v) is 7.51. The average molecular weight is 525 g/mol. The predicted molar refractivity (Wildman–Crippen MR) is 148 cm³/mol. The molecule has 0 aliphatic carbocycles. The first-order valence-electron chi connectivity index (χ1n) is 14.1. The van der Waals surface area contributed by atoms with Gasteiger partial charge in [0.05, 0.1) is 19.3 Å². The van der Waals surface area contributed by atoms with Gasteiger partial charge in [-0.25, -0.2) is 8.78 Å². The molecule has 204 valence electrons. The number of unbranched alkanes of at least 4 members (excludes halogenated alkanes) is 4. The van der Waals surface area contributed by atoms with Crippen LogP contribution in [0.25, 0.3) is 22.3 Å². The molecule has 1 heterocycles. The van der Waals surface area contributed by atoms with Gasteiger partial charge < -0.3 is 9.47 Å². The van der Waals surface area contributed by atoms with Gasteiger partial charge >= 0.3 is 0 Å². The van der Waals surface area contributed by atoms with E-state index in [4.69, 9.17) is 9.47 Å². The molecule has 1 aliphatic rings. The zero-order chi connectivity index (χ0) is 26.9. The van der Waals surface area contributed by atoms with Crippen molar-refractivity contribution in [1.29, 1.82) is 0 Å². The van der Waals surface area contributed by atoms with Crippen LogP contribution in [0.1, 0.15) is 83.3 Å². The molecule has 3 aromatic carbocycles. The van der Waals surface area contributed by atoms with Gasteiger partial charge in [-0.15, -0.1) is 0 Å². The highest BCUT2D eigenvalue weighted by Gasteiger charge is 2.23. The normalized spacial score (nSPS) is 17.5.